The van der Waals surface area contributed by atoms with Gasteiger partial charge in [0.1, 0.15) is 0 Å². The lowest BCUT2D eigenvalue weighted by Crippen LogP contribution is -1.99. The van der Waals surface area contributed by atoms with E-state index < -0.39 is 5.97 Å². The minimum absolute atomic E-state index is 0.132. The summed E-state index contributed by atoms with van der Waals surface area (Å²) in [6, 6.07) is 18.2. The van der Waals surface area contributed by atoms with E-state index in [9.17, 15) is 9.90 Å². The zero-order valence-electron chi connectivity index (χ0n) is 11.3. The largest absolute Gasteiger partial charge is 0.478 e. The molecule has 0 saturated heterocycles. The summed E-state index contributed by atoms with van der Waals surface area (Å²) in [7, 11) is 0. The highest BCUT2D eigenvalue weighted by atomic mass is 16.4. The zero-order chi connectivity index (χ0) is 14.6. The van der Waals surface area contributed by atoms with E-state index >= 15 is 0 Å². The molecule has 100 valence electrons. The van der Waals surface area contributed by atoms with Crippen LogP contribution in [0.2, 0.25) is 0 Å². The fourth-order valence-electron chi connectivity index (χ4n) is 3.11. The minimum Gasteiger partial charge on any atom is -0.478 e. The lowest BCUT2D eigenvalue weighted by atomic mass is 9.90. The Kier molecular flexibility index (Phi) is 2.30. The molecule has 0 aliphatic carbocycles. The maximum atomic E-state index is 11.3. The smallest absolute Gasteiger partial charge is 0.335 e. The summed E-state index contributed by atoms with van der Waals surface area (Å²) in [5.41, 5.74) is 0.821. The summed E-state index contributed by atoms with van der Waals surface area (Å²) in [5.74, 6) is -0.981. The molecule has 0 bridgehead atoms. The number of carboxylic acid groups (broad SMARTS) is 1. The summed E-state index contributed by atoms with van der Waals surface area (Å²) in [6.45, 7) is 3.71. The quantitative estimate of drug-likeness (QED) is 0.425. The standard InChI is InChI=1S/C19H12O2/c1-11(19(20)21)15-9-7-14-6-5-12-3-2-4-13-8-10-16(15)18(14)17(12)13/h2-10H,1H2,(H,20,21). The van der Waals surface area contributed by atoms with Crippen LogP contribution in [0.15, 0.2) is 61.2 Å². The molecule has 0 heterocycles. The summed E-state index contributed by atoms with van der Waals surface area (Å²) in [4.78, 5) is 11.3. The second kappa shape index (κ2) is 4.06. The number of benzene rings is 4. The van der Waals surface area contributed by atoms with E-state index in [0.29, 0.717) is 5.56 Å². The average Bonchev–Trinajstić information content (AvgIpc) is 2.51. The molecule has 2 nitrogen and oxygen atoms in total. The molecular weight excluding hydrogens is 260 g/mol. The predicted octanol–water partition coefficient (Wildman–Crippen LogP) is 4.68. The maximum Gasteiger partial charge on any atom is 0.335 e. The fraction of sp³-hybridized carbons (Fsp3) is 0. The first-order chi connectivity index (χ1) is 10.2. The van der Waals surface area contributed by atoms with Gasteiger partial charge in [0.25, 0.3) is 0 Å². The van der Waals surface area contributed by atoms with Crippen LogP contribution >= 0.6 is 0 Å². The first-order valence-corrected chi connectivity index (χ1v) is 6.76. The number of hydrogen-bond donors (Lipinski definition) is 1. The van der Waals surface area contributed by atoms with Crippen LogP contribution < -0.4 is 0 Å². The SMILES string of the molecule is C=C(C(=O)O)c1ccc2ccc3cccc4ccc1c2c34. The highest BCUT2D eigenvalue weighted by molar-refractivity contribution is 6.27. The topological polar surface area (TPSA) is 37.3 Å². The zero-order valence-corrected chi connectivity index (χ0v) is 11.3. The maximum absolute atomic E-state index is 11.3. The molecule has 0 aliphatic heterocycles. The summed E-state index contributed by atoms with van der Waals surface area (Å²) in [5, 5.41) is 15.9. The van der Waals surface area contributed by atoms with Gasteiger partial charge >= 0.3 is 5.97 Å². The van der Waals surface area contributed by atoms with Crippen molar-refractivity contribution in [3.8, 4) is 0 Å². The van der Waals surface area contributed by atoms with E-state index in [1.807, 2.05) is 30.3 Å². The molecule has 1 N–H and O–H groups in total. The Morgan fingerprint density at radius 2 is 1.38 bits per heavy atom. The van der Waals surface area contributed by atoms with Gasteiger partial charge in [-0.1, -0.05) is 61.2 Å². The van der Waals surface area contributed by atoms with Gasteiger partial charge in [-0.25, -0.2) is 4.79 Å². The summed E-state index contributed by atoms with van der Waals surface area (Å²) in [6.07, 6.45) is 0. The molecule has 0 radical (unpaired) electrons. The second-order valence-corrected chi connectivity index (χ2v) is 5.25. The van der Waals surface area contributed by atoms with Crippen LogP contribution in [0.25, 0.3) is 37.9 Å². The van der Waals surface area contributed by atoms with Crippen molar-refractivity contribution in [1.29, 1.82) is 0 Å². The van der Waals surface area contributed by atoms with Crippen molar-refractivity contribution >= 4 is 43.9 Å². The van der Waals surface area contributed by atoms with Gasteiger partial charge in [-0.2, -0.15) is 0 Å². The van der Waals surface area contributed by atoms with Crippen LogP contribution in [-0.4, -0.2) is 11.1 Å². The van der Waals surface area contributed by atoms with E-state index in [0.717, 1.165) is 16.2 Å². The molecule has 0 unspecified atom stereocenters. The fourth-order valence-corrected chi connectivity index (χ4v) is 3.11. The van der Waals surface area contributed by atoms with Gasteiger partial charge in [0.2, 0.25) is 0 Å². The normalized spacial score (nSPS) is 11.4. The molecule has 4 aromatic carbocycles. The third-order valence-electron chi connectivity index (χ3n) is 4.11. The Balaban J connectivity index is 2.26. The first-order valence-electron chi connectivity index (χ1n) is 6.76. The molecule has 0 aromatic heterocycles. The Bertz CT molecular complexity index is 1010. The van der Waals surface area contributed by atoms with Gasteiger partial charge in [-0.05, 0) is 37.9 Å². The first kappa shape index (κ1) is 11.9. The molecule has 4 rings (SSSR count). The van der Waals surface area contributed by atoms with Crippen molar-refractivity contribution in [2.75, 3.05) is 0 Å². The van der Waals surface area contributed by atoms with Gasteiger partial charge in [0, 0.05) is 0 Å². The van der Waals surface area contributed by atoms with Gasteiger partial charge in [-0.3, -0.25) is 0 Å². The molecule has 0 aliphatic rings. The average molecular weight is 272 g/mol. The van der Waals surface area contributed by atoms with E-state index in [1.54, 1.807) is 0 Å². The van der Waals surface area contributed by atoms with E-state index in [1.165, 1.54) is 16.2 Å². The third-order valence-corrected chi connectivity index (χ3v) is 4.11. The molecule has 0 amide bonds. The molecule has 21 heavy (non-hydrogen) atoms. The number of rotatable bonds is 2. The molecule has 0 fully saturated rings. The monoisotopic (exact) mass is 272 g/mol. The number of carbonyl (C=O) groups is 1. The molecule has 0 saturated carbocycles. The lowest BCUT2D eigenvalue weighted by molar-refractivity contribution is -0.130. The molecule has 0 spiro atoms. The summed E-state index contributed by atoms with van der Waals surface area (Å²) >= 11 is 0. The molecule has 0 atom stereocenters. The van der Waals surface area contributed by atoms with Crippen molar-refractivity contribution in [1.82, 2.24) is 0 Å². The number of aliphatic carboxylic acids is 1. The molecular formula is C19H12O2. The van der Waals surface area contributed by atoms with Crippen LogP contribution in [-0.2, 0) is 4.79 Å². The van der Waals surface area contributed by atoms with E-state index in [2.05, 4.69) is 30.8 Å². The predicted molar refractivity (Wildman–Crippen MR) is 86.8 cm³/mol. The molecule has 2 heteroatoms. The van der Waals surface area contributed by atoms with Crippen LogP contribution in [0.4, 0.5) is 0 Å². The van der Waals surface area contributed by atoms with Crippen LogP contribution in [0, 0.1) is 0 Å². The third kappa shape index (κ3) is 1.56. The van der Waals surface area contributed by atoms with Gasteiger partial charge < -0.3 is 5.11 Å². The molecule has 4 aromatic rings. The second-order valence-electron chi connectivity index (χ2n) is 5.25. The number of hydrogen-bond acceptors (Lipinski definition) is 1. The Hall–Kier alpha value is -2.87. The van der Waals surface area contributed by atoms with Crippen LogP contribution in [0.3, 0.4) is 0 Å². The van der Waals surface area contributed by atoms with Crippen LogP contribution in [0.1, 0.15) is 5.56 Å². The van der Waals surface area contributed by atoms with Crippen molar-refractivity contribution < 1.29 is 9.90 Å². The van der Waals surface area contributed by atoms with Gasteiger partial charge in [0.05, 0.1) is 5.57 Å². The van der Waals surface area contributed by atoms with Crippen LogP contribution in [0.5, 0.6) is 0 Å². The van der Waals surface area contributed by atoms with E-state index in [-0.39, 0.29) is 5.57 Å². The van der Waals surface area contributed by atoms with Crippen molar-refractivity contribution in [2.24, 2.45) is 0 Å². The Labute approximate surface area is 121 Å². The van der Waals surface area contributed by atoms with Crippen molar-refractivity contribution in [3.05, 3.63) is 66.7 Å². The summed E-state index contributed by atoms with van der Waals surface area (Å²) < 4.78 is 0. The highest BCUT2D eigenvalue weighted by Crippen LogP contribution is 2.37. The van der Waals surface area contributed by atoms with Crippen molar-refractivity contribution in [3.63, 3.8) is 0 Å². The number of carboxylic acids is 1. The Morgan fingerprint density at radius 3 is 2.05 bits per heavy atom. The van der Waals surface area contributed by atoms with Crippen molar-refractivity contribution in [2.45, 2.75) is 0 Å². The van der Waals surface area contributed by atoms with E-state index in [4.69, 9.17) is 0 Å². The van der Waals surface area contributed by atoms with Gasteiger partial charge in [-0.15, -0.1) is 0 Å². The minimum atomic E-state index is -0.981. The van der Waals surface area contributed by atoms with Gasteiger partial charge in [0.15, 0.2) is 0 Å². The lowest BCUT2D eigenvalue weighted by Gasteiger charge is -2.13. The Morgan fingerprint density at radius 1 is 0.810 bits per heavy atom. The highest BCUT2D eigenvalue weighted by Gasteiger charge is 2.14.